The van der Waals surface area contributed by atoms with Crippen molar-refractivity contribution in [2.45, 2.75) is 0 Å². The Hall–Kier alpha value is -3.22. The normalized spacial score (nSPS) is 10.2. The molecule has 6 nitrogen and oxygen atoms in total. The summed E-state index contributed by atoms with van der Waals surface area (Å²) in [6, 6.07) is 7.32. The molecule has 0 aliphatic heterocycles. The number of halogens is 1. The number of carboxylic acid groups (broad SMARTS) is 3. The third-order valence-corrected chi connectivity index (χ3v) is 3.00. The Balaban J connectivity index is 2.62. The fourth-order valence-electron chi connectivity index (χ4n) is 1.91. The van der Waals surface area contributed by atoms with Crippen LogP contribution in [0.25, 0.3) is 11.1 Å². The zero-order valence-electron chi connectivity index (χ0n) is 10.9. The molecule has 0 aliphatic rings. The van der Waals surface area contributed by atoms with Crippen molar-refractivity contribution in [1.29, 1.82) is 0 Å². The van der Waals surface area contributed by atoms with Gasteiger partial charge in [-0.25, -0.2) is 18.8 Å². The van der Waals surface area contributed by atoms with Crippen LogP contribution in [0.2, 0.25) is 0 Å². The van der Waals surface area contributed by atoms with Gasteiger partial charge in [-0.1, -0.05) is 12.1 Å². The van der Waals surface area contributed by atoms with E-state index in [0.29, 0.717) is 5.56 Å². The van der Waals surface area contributed by atoms with Gasteiger partial charge in [-0.2, -0.15) is 0 Å². The summed E-state index contributed by atoms with van der Waals surface area (Å²) in [7, 11) is 0. The van der Waals surface area contributed by atoms with E-state index >= 15 is 0 Å². The highest BCUT2D eigenvalue weighted by Crippen LogP contribution is 2.26. The summed E-state index contributed by atoms with van der Waals surface area (Å²) in [5.41, 5.74) is -0.986. The number of benzene rings is 2. The maximum atomic E-state index is 13.8. The number of hydrogen-bond donors (Lipinski definition) is 3. The van der Waals surface area contributed by atoms with Crippen LogP contribution in [0.1, 0.15) is 31.1 Å². The molecule has 0 saturated heterocycles. The molecule has 112 valence electrons. The maximum absolute atomic E-state index is 13.8. The summed E-state index contributed by atoms with van der Waals surface area (Å²) in [4.78, 5) is 32.8. The molecule has 2 rings (SSSR count). The summed E-state index contributed by atoms with van der Waals surface area (Å²) in [6.07, 6.45) is 0. The second-order valence-corrected chi connectivity index (χ2v) is 4.38. The van der Waals surface area contributed by atoms with E-state index in [1.165, 1.54) is 24.3 Å². The van der Waals surface area contributed by atoms with Crippen molar-refractivity contribution in [2.24, 2.45) is 0 Å². The Labute approximate surface area is 123 Å². The molecule has 0 unspecified atom stereocenters. The third kappa shape index (κ3) is 2.78. The van der Waals surface area contributed by atoms with Gasteiger partial charge in [0.05, 0.1) is 16.7 Å². The minimum Gasteiger partial charge on any atom is -0.478 e. The van der Waals surface area contributed by atoms with Crippen LogP contribution in [-0.2, 0) is 0 Å². The molecule has 0 amide bonds. The molecule has 0 atom stereocenters. The first-order valence-electron chi connectivity index (χ1n) is 5.95. The van der Waals surface area contributed by atoms with E-state index in [-0.39, 0.29) is 11.1 Å². The number of rotatable bonds is 4. The lowest BCUT2D eigenvalue weighted by Crippen LogP contribution is -2.08. The van der Waals surface area contributed by atoms with E-state index in [4.69, 9.17) is 15.3 Å². The SMILES string of the molecule is O=C(O)c1ccc(-c2cc(C(=O)O)c(F)c(C(=O)O)c2)cc1. The van der Waals surface area contributed by atoms with Gasteiger partial charge in [0.1, 0.15) is 0 Å². The number of aromatic carboxylic acids is 3. The lowest BCUT2D eigenvalue weighted by molar-refractivity contribution is 0.0676. The fraction of sp³-hybridized carbons (Fsp3) is 0. The summed E-state index contributed by atoms with van der Waals surface area (Å²) in [5, 5.41) is 26.7. The minimum atomic E-state index is -1.59. The van der Waals surface area contributed by atoms with Gasteiger partial charge in [-0.3, -0.25) is 0 Å². The summed E-state index contributed by atoms with van der Waals surface area (Å²) < 4.78 is 13.8. The monoisotopic (exact) mass is 304 g/mol. The Morgan fingerprint density at radius 2 is 1.18 bits per heavy atom. The standard InChI is InChI=1S/C15H9FO6/c16-12-10(14(19)20)5-9(6-11(12)15(21)22)7-1-3-8(4-2-7)13(17)18/h1-6H,(H,17,18)(H,19,20)(H,21,22). The lowest BCUT2D eigenvalue weighted by Gasteiger charge is -2.08. The Bertz CT molecular complexity index is 744. The third-order valence-electron chi connectivity index (χ3n) is 3.00. The van der Waals surface area contributed by atoms with E-state index in [2.05, 4.69) is 0 Å². The van der Waals surface area contributed by atoms with Crippen molar-refractivity contribution in [1.82, 2.24) is 0 Å². The molecule has 0 bridgehead atoms. The van der Waals surface area contributed by atoms with Crippen LogP contribution < -0.4 is 0 Å². The molecule has 0 aliphatic carbocycles. The van der Waals surface area contributed by atoms with Crippen molar-refractivity contribution in [3.63, 3.8) is 0 Å². The number of carboxylic acids is 3. The molecule has 0 radical (unpaired) electrons. The topological polar surface area (TPSA) is 112 Å². The van der Waals surface area contributed by atoms with Gasteiger partial charge >= 0.3 is 17.9 Å². The molecular formula is C15H9FO6. The van der Waals surface area contributed by atoms with Gasteiger partial charge in [0, 0.05) is 0 Å². The van der Waals surface area contributed by atoms with Crippen LogP contribution in [0.5, 0.6) is 0 Å². The lowest BCUT2D eigenvalue weighted by atomic mass is 9.98. The average molecular weight is 304 g/mol. The molecule has 2 aromatic carbocycles. The van der Waals surface area contributed by atoms with Crippen LogP contribution in [0.4, 0.5) is 4.39 Å². The Morgan fingerprint density at radius 3 is 1.55 bits per heavy atom. The Morgan fingerprint density at radius 1 is 0.727 bits per heavy atom. The van der Waals surface area contributed by atoms with Gasteiger partial charge in [0.25, 0.3) is 0 Å². The van der Waals surface area contributed by atoms with E-state index < -0.39 is 34.9 Å². The second kappa shape index (κ2) is 5.65. The molecule has 0 spiro atoms. The minimum absolute atomic E-state index is 0.0165. The van der Waals surface area contributed by atoms with Crippen LogP contribution in [0.3, 0.4) is 0 Å². The molecule has 0 heterocycles. The quantitative estimate of drug-likeness (QED) is 0.800. The largest absolute Gasteiger partial charge is 0.478 e. The summed E-state index contributed by atoms with van der Waals surface area (Å²) in [5.74, 6) is -5.65. The van der Waals surface area contributed by atoms with E-state index in [1.807, 2.05) is 0 Å². The van der Waals surface area contributed by atoms with Crippen molar-refractivity contribution in [3.05, 3.63) is 58.9 Å². The van der Waals surface area contributed by atoms with Crippen LogP contribution in [-0.4, -0.2) is 33.2 Å². The fourth-order valence-corrected chi connectivity index (χ4v) is 1.91. The highest BCUT2D eigenvalue weighted by Gasteiger charge is 2.21. The van der Waals surface area contributed by atoms with Gasteiger partial charge in [-0.05, 0) is 35.4 Å². The Kier molecular flexibility index (Phi) is 3.89. The van der Waals surface area contributed by atoms with E-state index in [0.717, 1.165) is 12.1 Å². The molecule has 0 fully saturated rings. The van der Waals surface area contributed by atoms with Crippen LogP contribution in [0, 0.1) is 5.82 Å². The van der Waals surface area contributed by atoms with Gasteiger partial charge in [0.15, 0.2) is 5.82 Å². The number of hydrogen-bond acceptors (Lipinski definition) is 3. The molecule has 0 aromatic heterocycles. The number of carbonyl (C=O) groups is 3. The molecule has 22 heavy (non-hydrogen) atoms. The summed E-state index contributed by atoms with van der Waals surface area (Å²) >= 11 is 0. The van der Waals surface area contributed by atoms with Gasteiger partial charge in [-0.15, -0.1) is 0 Å². The van der Waals surface area contributed by atoms with Crippen molar-refractivity contribution in [2.75, 3.05) is 0 Å². The summed E-state index contributed by atoms with van der Waals surface area (Å²) in [6.45, 7) is 0. The smallest absolute Gasteiger partial charge is 0.338 e. The molecule has 3 N–H and O–H groups in total. The van der Waals surface area contributed by atoms with E-state index in [1.54, 1.807) is 0 Å². The van der Waals surface area contributed by atoms with E-state index in [9.17, 15) is 18.8 Å². The molecular weight excluding hydrogens is 295 g/mol. The average Bonchev–Trinajstić information content (AvgIpc) is 2.47. The first-order valence-corrected chi connectivity index (χ1v) is 5.95. The maximum Gasteiger partial charge on any atom is 0.338 e. The first-order chi connectivity index (χ1) is 10.3. The zero-order chi connectivity index (χ0) is 16.4. The van der Waals surface area contributed by atoms with Crippen LogP contribution >= 0.6 is 0 Å². The predicted octanol–water partition coefficient (Wildman–Crippen LogP) is 2.59. The van der Waals surface area contributed by atoms with Crippen molar-refractivity contribution < 1.29 is 34.1 Å². The van der Waals surface area contributed by atoms with Gasteiger partial charge in [0.2, 0.25) is 0 Å². The van der Waals surface area contributed by atoms with Crippen molar-refractivity contribution in [3.8, 4) is 11.1 Å². The van der Waals surface area contributed by atoms with Gasteiger partial charge < -0.3 is 15.3 Å². The highest BCUT2D eigenvalue weighted by atomic mass is 19.1. The molecule has 7 heteroatoms. The zero-order valence-corrected chi connectivity index (χ0v) is 10.9. The molecule has 2 aromatic rings. The second-order valence-electron chi connectivity index (χ2n) is 4.38. The first kappa shape index (κ1) is 15.2. The highest BCUT2D eigenvalue weighted by molar-refractivity contribution is 5.97. The van der Waals surface area contributed by atoms with Crippen molar-refractivity contribution >= 4 is 17.9 Å². The molecule has 0 saturated carbocycles. The predicted molar refractivity (Wildman–Crippen MR) is 72.7 cm³/mol. The van der Waals surface area contributed by atoms with Crippen LogP contribution in [0.15, 0.2) is 36.4 Å².